The summed E-state index contributed by atoms with van der Waals surface area (Å²) in [5.74, 6) is 0. The van der Waals surface area contributed by atoms with Crippen LogP contribution in [0.2, 0.25) is 0 Å². The third kappa shape index (κ3) is 3.26. The molecule has 0 aliphatic rings. The van der Waals surface area contributed by atoms with Gasteiger partial charge in [-0.2, -0.15) is 13.2 Å². The summed E-state index contributed by atoms with van der Waals surface area (Å²) in [6.07, 6.45) is -3.82. The number of hydrogen-bond acceptors (Lipinski definition) is 2. The Kier molecular flexibility index (Phi) is 3.49. The van der Waals surface area contributed by atoms with Crippen LogP contribution in [0.1, 0.15) is 18.0 Å². The number of pyridine rings is 1. The fourth-order valence-electron chi connectivity index (χ4n) is 1.03. The summed E-state index contributed by atoms with van der Waals surface area (Å²) in [6, 6.07) is 2.00. The van der Waals surface area contributed by atoms with Gasteiger partial charge in [-0.3, -0.25) is 0 Å². The van der Waals surface area contributed by atoms with Gasteiger partial charge in [0.05, 0.1) is 6.42 Å². The summed E-state index contributed by atoms with van der Waals surface area (Å²) in [5.41, 5.74) is 5.76. The minimum Gasteiger partial charge on any atom is -0.324 e. The fourth-order valence-corrected chi connectivity index (χ4v) is 1.58. The summed E-state index contributed by atoms with van der Waals surface area (Å²) >= 11 is 3.05. The second-order valence-electron chi connectivity index (χ2n) is 2.81. The van der Waals surface area contributed by atoms with Crippen molar-refractivity contribution in [3.05, 3.63) is 28.5 Å². The van der Waals surface area contributed by atoms with Gasteiger partial charge in [0.25, 0.3) is 0 Å². The van der Waals surface area contributed by atoms with Gasteiger partial charge in [0.1, 0.15) is 4.60 Å². The molecular formula is C8H8BrF3N2. The molecule has 0 aliphatic carbocycles. The summed E-state index contributed by atoms with van der Waals surface area (Å²) in [6.45, 7) is 0. The Morgan fingerprint density at radius 2 is 2.14 bits per heavy atom. The quantitative estimate of drug-likeness (QED) is 0.838. The molecule has 1 atom stereocenters. The monoisotopic (exact) mass is 268 g/mol. The fraction of sp³-hybridized carbons (Fsp3) is 0.375. The lowest BCUT2D eigenvalue weighted by Gasteiger charge is -2.14. The van der Waals surface area contributed by atoms with Crippen molar-refractivity contribution < 1.29 is 13.2 Å². The van der Waals surface area contributed by atoms with Crippen LogP contribution >= 0.6 is 15.9 Å². The molecule has 1 heterocycles. The van der Waals surface area contributed by atoms with Crippen molar-refractivity contribution in [1.82, 2.24) is 4.98 Å². The average Bonchev–Trinajstić information content (AvgIpc) is 2.01. The van der Waals surface area contributed by atoms with Crippen LogP contribution in [-0.2, 0) is 0 Å². The molecular weight excluding hydrogens is 261 g/mol. The summed E-state index contributed by atoms with van der Waals surface area (Å²) in [4.78, 5) is 3.80. The molecule has 0 aromatic carbocycles. The standard InChI is InChI=1S/C8H8BrF3N2/c9-7-5(2-1-3-14-7)6(13)4-8(10,11)12/h1-3,6H,4,13H2/t6-/m0/s1. The van der Waals surface area contributed by atoms with E-state index in [1.165, 1.54) is 12.3 Å². The highest BCUT2D eigenvalue weighted by Gasteiger charge is 2.31. The van der Waals surface area contributed by atoms with Crippen LogP contribution in [0, 0.1) is 0 Å². The molecule has 0 radical (unpaired) electrons. The van der Waals surface area contributed by atoms with E-state index in [1.54, 1.807) is 6.07 Å². The Bertz CT molecular complexity index is 314. The second kappa shape index (κ2) is 4.27. The zero-order chi connectivity index (χ0) is 10.8. The topological polar surface area (TPSA) is 38.9 Å². The predicted molar refractivity (Wildman–Crippen MR) is 49.5 cm³/mol. The Morgan fingerprint density at radius 1 is 1.50 bits per heavy atom. The molecule has 0 saturated carbocycles. The highest BCUT2D eigenvalue weighted by Crippen LogP contribution is 2.30. The summed E-state index contributed by atoms with van der Waals surface area (Å²) in [7, 11) is 0. The number of aromatic nitrogens is 1. The third-order valence-electron chi connectivity index (χ3n) is 1.64. The molecule has 0 aliphatic heterocycles. The van der Waals surface area contributed by atoms with Crippen LogP contribution in [-0.4, -0.2) is 11.2 Å². The first-order valence-corrected chi connectivity index (χ1v) is 4.62. The van der Waals surface area contributed by atoms with Gasteiger partial charge in [0, 0.05) is 17.8 Å². The van der Waals surface area contributed by atoms with Gasteiger partial charge in [-0.05, 0) is 22.0 Å². The smallest absolute Gasteiger partial charge is 0.324 e. The zero-order valence-corrected chi connectivity index (χ0v) is 8.64. The molecule has 0 saturated heterocycles. The Labute approximate surface area is 87.4 Å². The molecule has 0 unspecified atom stereocenters. The van der Waals surface area contributed by atoms with Gasteiger partial charge in [0.15, 0.2) is 0 Å². The van der Waals surface area contributed by atoms with E-state index in [-0.39, 0.29) is 0 Å². The number of nitrogens with zero attached hydrogens (tertiary/aromatic N) is 1. The lowest BCUT2D eigenvalue weighted by molar-refractivity contribution is -0.138. The Morgan fingerprint density at radius 3 is 2.64 bits per heavy atom. The van der Waals surface area contributed by atoms with Crippen LogP contribution in [0.25, 0.3) is 0 Å². The van der Waals surface area contributed by atoms with Crippen molar-refractivity contribution in [1.29, 1.82) is 0 Å². The number of nitrogens with two attached hydrogens (primary N) is 1. The first kappa shape index (κ1) is 11.5. The van der Waals surface area contributed by atoms with Crippen molar-refractivity contribution in [3.63, 3.8) is 0 Å². The minimum atomic E-state index is -4.26. The minimum absolute atomic E-state index is 0.358. The molecule has 0 spiro atoms. The van der Waals surface area contributed by atoms with Gasteiger partial charge >= 0.3 is 6.18 Å². The van der Waals surface area contributed by atoms with Crippen LogP contribution in [0.3, 0.4) is 0 Å². The molecule has 0 fully saturated rings. The van der Waals surface area contributed by atoms with Crippen molar-refractivity contribution in [2.75, 3.05) is 0 Å². The lowest BCUT2D eigenvalue weighted by Crippen LogP contribution is -2.20. The maximum atomic E-state index is 12.0. The summed E-state index contributed by atoms with van der Waals surface area (Å²) in [5, 5.41) is 0. The van der Waals surface area contributed by atoms with Crippen LogP contribution in [0.5, 0.6) is 0 Å². The molecule has 78 valence electrons. The molecule has 2 N–H and O–H groups in total. The largest absolute Gasteiger partial charge is 0.390 e. The van der Waals surface area contributed by atoms with E-state index in [0.29, 0.717) is 10.2 Å². The predicted octanol–water partition coefficient (Wildman–Crippen LogP) is 2.80. The lowest BCUT2D eigenvalue weighted by atomic mass is 10.1. The number of halogens is 4. The number of alkyl halides is 3. The first-order valence-electron chi connectivity index (χ1n) is 3.83. The molecule has 1 aromatic rings. The highest BCUT2D eigenvalue weighted by atomic mass is 79.9. The maximum Gasteiger partial charge on any atom is 0.390 e. The van der Waals surface area contributed by atoms with Gasteiger partial charge in [-0.15, -0.1) is 0 Å². The first-order chi connectivity index (χ1) is 6.40. The zero-order valence-electron chi connectivity index (χ0n) is 7.05. The van der Waals surface area contributed by atoms with Crippen molar-refractivity contribution in [3.8, 4) is 0 Å². The Hall–Kier alpha value is -0.620. The van der Waals surface area contributed by atoms with Crippen molar-refractivity contribution >= 4 is 15.9 Å². The van der Waals surface area contributed by atoms with E-state index in [1.807, 2.05) is 0 Å². The molecule has 2 nitrogen and oxygen atoms in total. The second-order valence-corrected chi connectivity index (χ2v) is 3.56. The van der Waals surface area contributed by atoms with E-state index in [2.05, 4.69) is 20.9 Å². The van der Waals surface area contributed by atoms with Crippen LogP contribution in [0.15, 0.2) is 22.9 Å². The molecule has 14 heavy (non-hydrogen) atoms. The van der Waals surface area contributed by atoms with Crippen LogP contribution in [0.4, 0.5) is 13.2 Å². The third-order valence-corrected chi connectivity index (χ3v) is 2.30. The maximum absolute atomic E-state index is 12.0. The molecule has 1 rings (SSSR count). The number of rotatable bonds is 2. The van der Waals surface area contributed by atoms with Gasteiger partial charge in [-0.25, -0.2) is 4.98 Å². The van der Waals surface area contributed by atoms with Gasteiger partial charge in [0.2, 0.25) is 0 Å². The van der Waals surface area contributed by atoms with Gasteiger partial charge < -0.3 is 5.73 Å². The summed E-state index contributed by atoms with van der Waals surface area (Å²) < 4.78 is 36.4. The molecule has 1 aromatic heterocycles. The average molecular weight is 269 g/mol. The molecule has 6 heteroatoms. The SMILES string of the molecule is N[C@@H](CC(F)(F)F)c1cccnc1Br. The van der Waals surface area contributed by atoms with E-state index in [4.69, 9.17) is 5.73 Å². The van der Waals surface area contributed by atoms with E-state index in [9.17, 15) is 13.2 Å². The van der Waals surface area contributed by atoms with Crippen molar-refractivity contribution in [2.45, 2.75) is 18.6 Å². The van der Waals surface area contributed by atoms with Gasteiger partial charge in [-0.1, -0.05) is 6.07 Å². The highest BCUT2D eigenvalue weighted by molar-refractivity contribution is 9.10. The van der Waals surface area contributed by atoms with Crippen LogP contribution < -0.4 is 5.73 Å². The van der Waals surface area contributed by atoms with Crippen molar-refractivity contribution in [2.24, 2.45) is 5.73 Å². The number of hydrogen-bond donors (Lipinski definition) is 1. The normalized spacial score (nSPS) is 14.1. The van der Waals surface area contributed by atoms with E-state index in [0.717, 1.165) is 0 Å². The Balaban J connectivity index is 2.80. The van der Waals surface area contributed by atoms with E-state index >= 15 is 0 Å². The van der Waals surface area contributed by atoms with E-state index < -0.39 is 18.6 Å². The molecule has 0 amide bonds. The molecule has 0 bridgehead atoms.